The molecule has 5 unspecified atom stereocenters. The van der Waals surface area contributed by atoms with Crippen LogP contribution in [0.1, 0.15) is 20.8 Å². The van der Waals surface area contributed by atoms with Gasteiger partial charge in [0.2, 0.25) is 0 Å². The van der Waals surface area contributed by atoms with Crippen LogP contribution < -0.4 is 0 Å². The van der Waals surface area contributed by atoms with Crippen LogP contribution in [-0.4, -0.2) is 60.2 Å². The first-order valence-corrected chi connectivity index (χ1v) is 7.81. The lowest BCUT2D eigenvalue weighted by Crippen LogP contribution is -2.59. The Morgan fingerprint density at radius 1 is 1.00 bits per heavy atom. The molecule has 5 atom stereocenters. The van der Waals surface area contributed by atoms with Crippen LogP contribution in [0, 0.1) is 0 Å². The van der Waals surface area contributed by atoms with E-state index in [4.69, 9.17) is 23.7 Å². The highest BCUT2D eigenvalue weighted by atomic mass is 127. The summed E-state index contributed by atoms with van der Waals surface area (Å²) in [4.78, 5) is 33.6. The number of hydrogen-bond acceptors (Lipinski definition) is 8. The molecular weight excluding hydrogens is 411 g/mol. The van der Waals surface area contributed by atoms with Gasteiger partial charge in [-0.25, -0.2) is 0 Å². The van der Waals surface area contributed by atoms with Gasteiger partial charge in [0, 0.05) is 27.9 Å². The monoisotopic (exact) mass is 430 g/mol. The molecule has 1 aliphatic heterocycles. The van der Waals surface area contributed by atoms with Crippen molar-refractivity contribution in [1.82, 2.24) is 0 Å². The molecule has 22 heavy (non-hydrogen) atoms. The highest BCUT2D eigenvalue weighted by molar-refractivity contribution is 14.1. The van der Waals surface area contributed by atoms with Crippen molar-refractivity contribution in [2.75, 3.05) is 13.7 Å². The second-order valence-electron chi connectivity index (χ2n) is 4.67. The summed E-state index contributed by atoms with van der Waals surface area (Å²) in [6, 6.07) is 0. The van der Waals surface area contributed by atoms with Gasteiger partial charge in [0.05, 0.1) is 0 Å². The SMILES string of the molecule is COC1OC(COC(C)=O)C(OC(C)=O)C(OC(C)=O)C1I. The zero-order chi connectivity index (χ0) is 16.9. The molecule has 9 heteroatoms. The van der Waals surface area contributed by atoms with E-state index in [0.717, 1.165) is 0 Å². The molecule has 1 heterocycles. The molecule has 1 aliphatic rings. The smallest absolute Gasteiger partial charge is 0.303 e. The third-order valence-electron chi connectivity index (χ3n) is 2.86. The van der Waals surface area contributed by atoms with Gasteiger partial charge in [-0.2, -0.15) is 0 Å². The fourth-order valence-electron chi connectivity index (χ4n) is 2.05. The molecule has 0 saturated carbocycles. The van der Waals surface area contributed by atoms with Crippen molar-refractivity contribution in [1.29, 1.82) is 0 Å². The van der Waals surface area contributed by atoms with Gasteiger partial charge in [-0.15, -0.1) is 0 Å². The van der Waals surface area contributed by atoms with E-state index >= 15 is 0 Å². The summed E-state index contributed by atoms with van der Waals surface area (Å²) >= 11 is 2.00. The molecule has 0 aliphatic carbocycles. The molecule has 1 saturated heterocycles. The lowest BCUT2D eigenvalue weighted by Gasteiger charge is -2.42. The molecule has 8 nitrogen and oxygen atoms in total. The van der Waals surface area contributed by atoms with E-state index in [9.17, 15) is 14.4 Å². The molecule has 0 radical (unpaired) electrons. The van der Waals surface area contributed by atoms with Crippen LogP contribution in [0.25, 0.3) is 0 Å². The molecule has 0 aromatic rings. The van der Waals surface area contributed by atoms with Crippen molar-refractivity contribution in [3.8, 4) is 0 Å². The minimum Gasteiger partial charge on any atom is -0.463 e. The third kappa shape index (κ3) is 5.36. The summed E-state index contributed by atoms with van der Waals surface area (Å²) in [5.74, 6) is -1.58. The maximum Gasteiger partial charge on any atom is 0.303 e. The number of ether oxygens (including phenoxy) is 5. The number of halogens is 1. The van der Waals surface area contributed by atoms with Gasteiger partial charge >= 0.3 is 17.9 Å². The van der Waals surface area contributed by atoms with E-state index in [2.05, 4.69) is 0 Å². The van der Waals surface area contributed by atoms with Gasteiger partial charge in [-0.1, -0.05) is 22.6 Å². The normalized spacial score (nSPS) is 31.2. The van der Waals surface area contributed by atoms with Crippen LogP contribution in [0.5, 0.6) is 0 Å². The van der Waals surface area contributed by atoms with Crippen LogP contribution in [0.15, 0.2) is 0 Å². The molecule has 0 amide bonds. The molecule has 0 aromatic carbocycles. The average Bonchev–Trinajstić information content (AvgIpc) is 2.41. The lowest BCUT2D eigenvalue weighted by atomic mass is 10.0. The zero-order valence-corrected chi connectivity index (χ0v) is 14.9. The molecule has 0 spiro atoms. The Hall–Kier alpha value is -0.940. The van der Waals surface area contributed by atoms with Gasteiger partial charge in [-0.3, -0.25) is 14.4 Å². The molecule has 1 rings (SSSR count). The topological polar surface area (TPSA) is 97.4 Å². The van der Waals surface area contributed by atoms with E-state index in [1.165, 1.54) is 27.9 Å². The van der Waals surface area contributed by atoms with Gasteiger partial charge in [-0.05, 0) is 0 Å². The van der Waals surface area contributed by atoms with Crippen molar-refractivity contribution in [3.05, 3.63) is 0 Å². The van der Waals surface area contributed by atoms with Gasteiger partial charge in [0.25, 0.3) is 0 Å². The fourth-order valence-corrected chi connectivity index (χ4v) is 3.07. The summed E-state index contributed by atoms with van der Waals surface area (Å²) in [5.41, 5.74) is 0. The summed E-state index contributed by atoms with van der Waals surface area (Å²) in [5, 5.41) is 0. The number of alkyl halides is 1. The standard InChI is InChI=1S/C13H19IO8/c1-6(15)19-5-9-11(20-7(2)16)12(21-8(3)17)10(14)13(18-4)22-9/h9-13H,5H2,1-4H3. The number of carbonyl (C=O) groups is 3. The molecule has 0 aromatic heterocycles. The highest BCUT2D eigenvalue weighted by Gasteiger charge is 2.49. The predicted molar refractivity (Wildman–Crippen MR) is 81.2 cm³/mol. The Bertz CT molecular complexity index is 426. The van der Waals surface area contributed by atoms with Crippen molar-refractivity contribution in [3.63, 3.8) is 0 Å². The molecule has 1 fully saturated rings. The number of rotatable bonds is 5. The summed E-state index contributed by atoms with van der Waals surface area (Å²) < 4.78 is 25.9. The number of esters is 3. The Balaban J connectivity index is 3.00. The highest BCUT2D eigenvalue weighted by Crippen LogP contribution is 2.31. The van der Waals surface area contributed by atoms with E-state index in [0.29, 0.717) is 0 Å². The molecule has 0 N–H and O–H groups in total. The van der Waals surface area contributed by atoms with Crippen LogP contribution in [0.4, 0.5) is 0 Å². The van der Waals surface area contributed by atoms with Crippen LogP contribution in [-0.2, 0) is 38.1 Å². The first kappa shape index (κ1) is 19.1. The molecular formula is C13H19IO8. The largest absolute Gasteiger partial charge is 0.463 e. The van der Waals surface area contributed by atoms with Crippen molar-refractivity contribution in [2.24, 2.45) is 0 Å². The third-order valence-corrected chi connectivity index (χ3v) is 4.16. The maximum atomic E-state index is 11.3. The maximum absolute atomic E-state index is 11.3. The lowest BCUT2D eigenvalue weighted by molar-refractivity contribution is -0.253. The van der Waals surface area contributed by atoms with Crippen molar-refractivity contribution in [2.45, 2.75) is 49.3 Å². The van der Waals surface area contributed by atoms with E-state index in [1.54, 1.807) is 0 Å². The average molecular weight is 430 g/mol. The van der Waals surface area contributed by atoms with E-state index in [-0.39, 0.29) is 6.61 Å². The first-order valence-electron chi connectivity index (χ1n) is 6.56. The number of methoxy groups -OCH3 is 1. The number of carbonyl (C=O) groups excluding carboxylic acids is 3. The zero-order valence-electron chi connectivity index (χ0n) is 12.7. The minimum absolute atomic E-state index is 0.145. The van der Waals surface area contributed by atoms with Crippen molar-refractivity contribution < 1.29 is 38.1 Å². The summed E-state index contributed by atoms with van der Waals surface area (Å²) in [7, 11) is 1.44. The number of hydrogen-bond donors (Lipinski definition) is 0. The predicted octanol–water partition coefficient (Wildman–Crippen LogP) is 0.588. The van der Waals surface area contributed by atoms with Gasteiger partial charge in [0.1, 0.15) is 16.6 Å². The fraction of sp³-hybridized carbons (Fsp3) is 0.769. The van der Waals surface area contributed by atoms with Gasteiger partial charge in [0.15, 0.2) is 18.5 Å². The second kappa shape index (κ2) is 8.63. The summed E-state index contributed by atoms with van der Waals surface area (Å²) in [6.45, 7) is 3.60. The van der Waals surface area contributed by atoms with Crippen LogP contribution >= 0.6 is 22.6 Å². The Labute approximate surface area is 141 Å². The van der Waals surface area contributed by atoms with Crippen LogP contribution in [0.2, 0.25) is 0 Å². The summed E-state index contributed by atoms with van der Waals surface area (Å²) in [6.07, 6.45) is -3.17. The van der Waals surface area contributed by atoms with Crippen molar-refractivity contribution >= 4 is 40.5 Å². The second-order valence-corrected chi connectivity index (χ2v) is 6.11. The minimum atomic E-state index is -0.894. The van der Waals surface area contributed by atoms with Gasteiger partial charge < -0.3 is 23.7 Å². The first-order chi connectivity index (χ1) is 10.3. The molecule has 126 valence electrons. The quantitative estimate of drug-likeness (QED) is 0.271. The Morgan fingerprint density at radius 3 is 2.00 bits per heavy atom. The van der Waals surface area contributed by atoms with Crippen LogP contribution in [0.3, 0.4) is 0 Å². The molecule has 0 bridgehead atoms. The van der Waals surface area contributed by atoms with E-state index < -0.39 is 46.4 Å². The Morgan fingerprint density at radius 2 is 1.55 bits per heavy atom. The Kier molecular flexibility index (Phi) is 7.49. The van der Waals surface area contributed by atoms with E-state index in [1.807, 2.05) is 22.6 Å².